The van der Waals surface area contributed by atoms with Gasteiger partial charge in [0.15, 0.2) is 5.69 Å². The van der Waals surface area contributed by atoms with Gasteiger partial charge in [-0.3, -0.25) is 9.78 Å². The molecule has 0 unspecified atom stereocenters. The van der Waals surface area contributed by atoms with Crippen LogP contribution in [-0.4, -0.2) is 28.0 Å². The molecule has 0 fully saturated rings. The van der Waals surface area contributed by atoms with Crippen LogP contribution in [-0.2, 0) is 11.2 Å². The van der Waals surface area contributed by atoms with Crippen LogP contribution >= 0.6 is 11.6 Å². The van der Waals surface area contributed by atoms with Crippen LogP contribution in [0, 0.1) is 18.2 Å². The fourth-order valence-electron chi connectivity index (χ4n) is 3.78. The van der Waals surface area contributed by atoms with Crippen molar-refractivity contribution in [2.75, 3.05) is 0 Å². The Labute approximate surface area is 203 Å². The summed E-state index contributed by atoms with van der Waals surface area (Å²) in [5, 5.41) is 12.9. The maximum Gasteiger partial charge on any atom is 0.326 e. The third kappa shape index (κ3) is 4.81. The van der Waals surface area contributed by atoms with Crippen molar-refractivity contribution in [3.63, 3.8) is 0 Å². The minimum Gasteiger partial charge on any atom is -0.480 e. The van der Waals surface area contributed by atoms with Gasteiger partial charge < -0.3 is 10.4 Å². The molecule has 6 nitrogen and oxygen atoms in total. The summed E-state index contributed by atoms with van der Waals surface area (Å²) < 4.78 is 28.0. The summed E-state index contributed by atoms with van der Waals surface area (Å²) in [4.78, 5) is 32.2. The number of hydrogen-bond acceptors (Lipinski definition) is 3. The highest BCUT2D eigenvalue weighted by atomic mass is 35.5. The monoisotopic (exact) mass is 491 g/mol. The van der Waals surface area contributed by atoms with E-state index in [1.54, 1.807) is 48.7 Å². The largest absolute Gasteiger partial charge is 0.480 e. The molecule has 35 heavy (non-hydrogen) atoms. The fourth-order valence-corrected chi connectivity index (χ4v) is 4.06. The topological polar surface area (TPSA) is 83.7 Å². The number of fused-ring (bicyclic) bond motifs is 1. The van der Waals surface area contributed by atoms with E-state index in [1.165, 1.54) is 0 Å². The molecule has 0 saturated carbocycles. The quantitative estimate of drug-likeness (QED) is 0.333. The Kier molecular flexibility index (Phi) is 6.71. The van der Waals surface area contributed by atoms with Gasteiger partial charge in [0.1, 0.15) is 23.2 Å². The molecule has 4 aromatic rings. The van der Waals surface area contributed by atoms with Crippen molar-refractivity contribution in [2.24, 2.45) is 0 Å². The Morgan fingerprint density at radius 3 is 2.43 bits per heavy atom. The van der Waals surface area contributed by atoms with E-state index in [0.29, 0.717) is 38.3 Å². The smallest absolute Gasteiger partial charge is 0.326 e. The van der Waals surface area contributed by atoms with Gasteiger partial charge in [0.05, 0.1) is 12.1 Å². The van der Waals surface area contributed by atoms with E-state index in [2.05, 4.69) is 15.1 Å². The third-order valence-corrected chi connectivity index (χ3v) is 5.76. The Hall–Kier alpha value is -4.35. The normalized spacial score (nSPS) is 11.6. The highest BCUT2D eigenvalue weighted by Crippen LogP contribution is 2.36. The van der Waals surface area contributed by atoms with Gasteiger partial charge in [-0.2, -0.15) is 0 Å². The van der Waals surface area contributed by atoms with E-state index >= 15 is 0 Å². The summed E-state index contributed by atoms with van der Waals surface area (Å²) in [5.74, 6) is -4.72. The van der Waals surface area contributed by atoms with E-state index < -0.39 is 35.1 Å². The van der Waals surface area contributed by atoms with E-state index in [-0.39, 0.29) is 6.42 Å². The van der Waals surface area contributed by atoms with Gasteiger partial charge in [-0.1, -0.05) is 48.0 Å². The van der Waals surface area contributed by atoms with Crippen LogP contribution in [0.3, 0.4) is 0 Å². The summed E-state index contributed by atoms with van der Waals surface area (Å²) >= 11 is 6.39. The van der Waals surface area contributed by atoms with Crippen molar-refractivity contribution in [3.8, 4) is 11.1 Å². The molecule has 0 bridgehead atoms. The summed E-state index contributed by atoms with van der Waals surface area (Å²) in [5.41, 5.74) is 1.95. The zero-order valence-corrected chi connectivity index (χ0v) is 18.7. The number of carboxylic acid groups (broad SMARTS) is 1. The average Bonchev–Trinajstić information content (AvgIpc) is 2.83. The van der Waals surface area contributed by atoms with E-state index in [4.69, 9.17) is 18.2 Å². The second-order valence-electron chi connectivity index (χ2n) is 7.61. The standard InChI is InChI=1S/C26H16ClF2N3O3/c1-30-15-8-10-17(19(27)13-15)18-9-7-14(16-4-3-11-31-24(16)18)12-22(26(34)35)32-25(33)23-20(28)5-2-6-21(23)29/h2-11,13,22H,12H2,(H,32,33)(H,34,35)/t22-/m0/s1. The van der Waals surface area contributed by atoms with E-state index in [9.17, 15) is 23.5 Å². The second-order valence-corrected chi connectivity index (χ2v) is 8.02. The Morgan fingerprint density at radius 1 is 1.06 bits per heavy atom. The van der Waals surface area contributed by atoms with Gasteiger partial charge in [-0.25, -0.2) is 18.4 Å². The number of carboxylic acids is 1. The molecule has 1 atom stereocenters. The average molecular weight is 492 g/mol. The molecule has 4 rings (SSSR count). The number of carbonyl (C=O) groups is 2. The molecule has 0 spiro atoms. The Bertz CT molecular complexity index is 1500. The molecule has 0 aliphatic heterocycles. The number of amides is 1. The van der Waals surface area contributed by atoms with Gasteiger partial charge >= 0.3 is 5.97 Å². The van der Waals surface area contributed by atoms with Crippen LogP contribution in [0.1, 0.15) is 15.9 Å². The van der Waals surface area contributed by atoms with Crippen molar-refractivity contribution in [1.29, 1.82) is 0 Å². The minimum absolute atomic E-state index is 0.163. The van der Waals surface area contributed by atoms with Crippen LogP contribution < -0.4 is 5.32 Å². The van der Waals surface area contributed by atoms with Crippen LogP contribution in [0.2, 0.25) is 5.02 Å². The number of nitrogens with one attached hydrogen (secondary N) is 1. The lowest BCUT2D eigenvalue weighted by atomic mass is 9.95. The number of hydrogen-bond donors (Lipinski definition) is 2. The first kappa shape index (κ1) is 23.8. The maximum atomic E-state index is 14.0. The molecule has 0 saturated heterocycles. The van der Waals surface area contributed by atoms with Gasteiger partial charge in [0, 0.05) is 28.6 Å². The maximum absolute atomic E-state index is 14.0. The van der Waals surface area contributed by atoms with Gasteiger partial charge in [-0.15, -0.1) is 0 Å². The molecule has 0 radical (unpaired) electrons. The number of rotatable bonds is 6. The van der Waals surface area contributed by atoms with Crippen molar-refractivity contribution >= 4 is 40.1 Å². The van der Waals surface area contributed by atoms with Crippen molar-refractivity contribution < 1.29 is 23.5 Å². The fraction of sp³-hybridized carbons (Fsp3) is 0.0769. The lowest BCUT2D eigenvalue weighted by Gasteiger charge is -2.17. The number of benzene rings is 3. The number of aliphatic carboxylic acids is 1. The summed E-state index contributed by atoms with van der Waals surface area (Å²) in [7, 11) is 0. The highest BCUT2D eigenvalue weighted by molar-refractivity contribution is 6.34. The molecule has 0 aliphatic rings. The number of carbonyl (C=O) groups excluding carboxylic acids is 1. The molecular formula is C26H16ClF2N3O3. The number of pyridine rings is 1. The molecule has 1 aromatic heterocycles. The van der Waals surface area contributed by atoms with Crippen LogP contribution in [0.15, 0.2) is 66.9 Å². The zero-order valence-electron chi connectivity index (χ0n) is 17.9. The molecule has 9 heteroatoms. The molecule has 1 amide bonds. The minimum atomic E-state index is -1.46. The van der Waals surface area contributed by atoms with E-state index in [0.717, 1.165) is 18.2 Å². The molecule has 0 aliphatic carbocycles. The zero-order chi connectivity index (χ0) is 25.1. The lowest BCUT2D eigenvalue weighted by molar-refractivity contribution is -0.139. The highest BCUT2D eigenvalue weighted by Gasteiger charge is 2.26. The first-order chi connectivity index (χ1) is 16.8. The SMILES string of the molecule is [C-]#[N+]c1ccc(-c2ccc(C[C@H](NC(=O)c3c(F)cccc3F)C(=O)O)c3cccnc23)c(Cl)c1. The molecular weight excluding hydrogens is 476 g/mol. The van der Waals surface area contributed by atoms with Crippen LogP contribution in [0.25, 0.3) is 26.9 Å². The predicted octanol–water partition coefficient (Wildman–Crippen LogP) is 5.81. The molecule has 174 valence electrons. The first-order valence-corrected chi connectivity index (χ1v) is 10.7. The lowest BCUT2D eigenvalue weighted by Crippen LogP contribution is -2.43. The predicted molar refractivity (Wildman–Crippen MR) is 127 cm³/mol. The molecule has 2 N–H and O–H groups in total. The third-order valence-electron chi connectivity index (χ3n) is 5.45. The molecule has 3 aromatic carbocycles. The Balaban J connectivity index is 1.71. The summed E-state index contributed by atoms with van der Waals surface area (Å²) in [6.45, 7) is 7.14. The van der Waals surface area contributed by atoms with Gasteiger partial charge in [-0.05, 0) is 35.4 Å². The number of aromatic nitrogens is 1. The van der Waals surface area contributed by atoms with Crippen molar-refractivity contribution in [2.45, 2.75) is 12.5 Å². The van der Waals surface area contributed by atoms with Crippen LogP contribution in [0.4, 0.5) is 14.5 Å². The summed E-state index contributed by atoms with van der Waals surface area (Å²) in [6, 6.07) is 13.2. The van der Waals surface area contributed by atoms with Gasteiger partial charge in [0.2, 0.25) is 0 Å². The van der Waals surface area contributed by atoms with E-state index in [1.807, 2.05) is 0 Å². The first-order valence-electron chi connectivity index (χ1n) is 10.3. The number of halogens is 3. The van der Waals surface area contributed by atoms with Crippen LogP contribution in [0.5, 0.6) is 0 Å². The van der Waals surface area contributed by atoms with Crippen molar-refractivity contribution in [1.82, 2.24) is 10.3 Å². The Morgan fingerprint density at radius 2 is 1.77 bits per heavy atom. The second kappa shape index (κ2) is 9.87. The molecule has 1 heterocycles. The van der Waals surface area contributed by atoms with Crippen molar-refractivity contribution in [3.05, 3.63) is 106 Å². The summed E-state index contributed by atoms with van der Waals surface area (Å²) in [6.07, 6.45) is 1.42. The van der Waals surface area contributed by atoms with Gasteiger partial charge in [0.25, 0.3) is 5.91 Å². The number of nitrogens with zero attached hydrogens (tertiary/aromatic N) is 2.